The van der Waals surface area contributed by atoms with Crippen molar-refractivity contribution in [1.29, 1.82) is 0 Å². The van der Waals surface area contributed by atoms with E-state index in [9.17, 15) is 0 Å². The lowest BCUT2D eigenvalue weighted by Gasteiger charge is -2.00. The number of pyridine rings is 1. The minimum Gasteiger partial charge on any atom is -0.243 e. The van der Waals surface area contributed by atoms with Gasteiger partial charge in [0.25, 0.3) is 0 Å². The SMILES string of the molecule is Clc1cccc(-c2nc3ccnc(Cl)c3s2)c1Cl. The van der Waals surface area contributed by atoms with Gasteiger partial charge in [-0.1, -0.05) is 46.9 Å². The smallest absolute Gasteiger partial charge is 0.148 e. The summed E-state index contributed by atoms with van der Waals surface area (Å²) in [4.78, 5) is 8.53. The van der Waals surface area contributed by atoms with Crippen molar-refractivity contribution in [1.82, 2.24) is 9.97 Å². The van der Waals surface area contributed by atoms with Gasteiger partial charge < -0.3 is 0 Å². The Morgan fingerprint density at radius 3 is 2.67 bits per heavy atom. The first-order chi connectivity index (χ1) is 8.66. The standard InChI is InChI=1S/C12H5Cl3N2S/c13-7-3-1-2-6(9(7)14)12-17-8-4-5-16-11(15)10(8)18-12/h1-5H. The molecule has 90 valence electrons. The van der Waals surface area contributed by atoms with Crippen molar-refractivity contribution in [2.45, 2.75) is 0 Å². The second kappa shape index (κ2) is 4.67. The van der Waals surface area contributed by atoms with E-state index < -0.39 is 0 Å². The van der Waals surface area contributed by atoms with E-state index in [-0.39, 0.29) is 0 Å². The van der Waals surface area contributed by atoms with Crippen LogP contribution >= 0.6 is 46.1 Å². The van der Waals surface area contributed by atoms with Crippen LogP contribution < -0.4 is 0 Å². The third kappa shape index (κ3) is 1.97. The Kier molecular flexibility index (Phi) is 3.16. The molecule has 0 bridgehead atoms. The molecule has 2 nitrogen and oxygen atoms in total. The summed E-state index contributed by atoms with van der Waals surface area (Å²) < 4.78 is 0.852. The van der Waals surface area contributed by atoms with Crippen molar-refractivity contribution in [3.63, 3.8) is 0 Å². The highest BCUT2D eigenvalue weighted by Gasteiger charge is 2.13. The van der Waals surface area contributed by atoms with Crippen molar-refractivity contribution in [3.8, 4) is 10.6 Å². The molecule has 0 saturated heterocycles. The number of halogens is 3. The van der Waals surface area contributed by atoms with Crippen LogP contribution in [0.25, 0.3) is 20.8 Å². The Hall–Kier alpha value is -0.870. The number of fused-ring (bicyclic) bond motifs is 1. The molecule has 0 saturated carbocycles. The molecule has 2 aromatic heterocycles. The molecule has 0 atom stereocenters. The molecular weight excluding hydrogens is 311 g/mol. The highest BCUT2D eigenvalue weighted by Crippen LogP contribution is 2.38. The van der Waals surface area contributed by atoms with E-state index in [0.29, 0.717) is 15.2 Å². The van der Waals surface area contributed by atoms with Crippen molar-refractivity contribution in [3.05, 3.63) is 45.7 Å². The summed E-state index contributed by atoms with van der Waals surface area (Å²) in [6, 6.07) is 7.29. The van der Waals surface area contributed by atoms with E-state index in [1.54, 1.807) is 12.3 Å². The molecule has 2 heterocycles. The molecule has 0 aliphatic rings. The van der Waals surface area contributed by atoms with Gasteiger partial charge in [0.05, 0.1) is 20.3 Å². The van der Waals surface area contributed by atoms with Gasteiger partial charge in [-0.2, -0.15) is 0 Å². The Balaban J connectivity index is 2.26. The molecule has 0 aliphatic heterocycles. The Bertz CT molecular complexity index is 739. The van der Waals surface area contributed by atoms with Crippen LogP contribution in [0.2, 0.25) is 15.2 Å². The molecule has 0 N–H and O–H groups in total. The van der Waals surface area contributed by atoms with Crippen LogP contribution in [0, 0.1) is 0 Å². The molecule has 0 radical (unpaired) electrons. The fourth-order valence-electron chi connectivity index (χ4n) is 1.61. The van der Waals surface area contributed by atoms with Crippen molar-refractivity contribution < 1.29 is 0 Å². The van der Waals surface area contributed by atoms with E-state index in [1.165, 1.54) is 11.3 Å². The van der Waals surface area contributed by atoms with Gasteiger partial charge >= 0.3 is 0 Å². The van der Waals surface area contributed by atoms with Crippen LogP contribution in [0.3, 0.4) is 0 Å². The molecule has 0 fully saturated rings. The number of hydrogen-bond donors (Lipinski definition) is 0. The third-order valence-corrected chi connectivity index (χ3v) is 4.77. The Morgan fingerprint density at radius 1 is 1.06 bits per heavy atom. The zero-order valence-corrected chi connectivity index (χ0v) is 11.9. The van der Waals surface area contributed by atoms with Gasteiger partial charge in [0, 0.05) is 11.8 Å². The lowest BCUT2D eigenvalue weighted by atomic mass is 10.2. The summed E-state index contributed by atoms with van der Waals surface area (Å²) >= 11 is 19.7. The van der Waals surface area contributed by atoms with E-state index in [0.717, 1.165) is 20.8 Å². The maximum Gasteiger partial charge on any atom is 0.148 e. The maximum atomic E-state index is 6.18. The average Bonchev–Trinajstić information content (AvgIpc) is 2.78. The zero-order chi connectivity index (χ0) is 12.7. The Labute approximate surface area is 122 Å². The second-order valence-corrected chi connectivity index (χ2v) is 5.71. The largest absolute Gasteiger partial charge is 0.243 e. The predicted octanol–water partition coefficient (Wildman–Crippen LogP) is 5.32. The monoisotopic (exact) mass is 314 g/mol. The molecule has 3 rings (SSSR count). The average molecular weight is 316 g/mol. The molecule has 18 heavy (non-hydrogen) atoms. The van der Waals surface area contributed by atoms with Gasteiger partial charge in [-0.25, -0.2) is 9.97 Å². The molecule has 0 aliphatic carbocycles. The minimum absolute atomic E-state index is 0.453. The minimum atomic E-state index is 0.453. The topological polar surface area (TPSA) is 25.8 Å². The number of benzene rings is 1. The van der Waals surface area contributed by atoms with Crippen LogP contribution in [0.4, 0.5) is 0 Å². The first kappa shape index (κ1) is 12.2. The first-order valence-corrected chi connectivity index (χ1v) is 6.97. The van der Waals surface area contributed by atoms with Crippen LogP contribution in [-0.2, 0) is 0 Å². The van der Waals surface area contributed by atoms with Gasteiger partial charge in [0.1, 0.15) is 10.2 Å². The summed E-state index contributed by atoms with van der Waals surface area (Å²) in [7, 11) is 0. The maximum absolute atomic E-state index is 6.18. The van der Waals surface area contributed by atoms with Crippen LogP contribution in [-0.4, -0.2) is 9.97 Å². The lowest BCUT2D eigenvalue weighted by molar-refractivity contribution is 1.35. The predicted molar refractivity (Wildman–Crippen MR) is 77.9 cm³/mol. The number of rotatable bonds is 1. The summed E-state index contributed by atoms with van der Waals surface area (Å²) in [5.74, 6) is 0. The van der Waals surface area contributed by atoms with E-state index in [4.69, 9.17) is 34.8 Å². The molecule has 3 aromatic rings. The summed E-state index contributed by atoms with van der Waals surface area (Å²) in [5.41, 5.74) is 1.62. The molecule has 0 spiro atoms. The fraction of sp³-hybridized carbons (Fsp3) is 0. The number of thiazole rings is 1. The number of nitrogens with zero attached hydrogens (tertiary/aromatic N) is 2. The quantitative estimate of drug-likeness (QED) is 0.568. The van der Waals surface area contributed by atoms with Gasteiger partial charge in [0.2, 0.25) is 0 Å². The van der Waals surface area contributed by atoms with E-state index in [2.05, 4.69) is 9.97 Å². The zero-order valence-electron chi connectivity index (χ0n) is 8.82. The van der Waals surface area contributed by atoms with Gasteiger partial charge in [0.15, 0.2) is 0 Å². The summed E-state index contributed by atoms with van der Waals surface area (Å²) in [6.07, 6.45) is 1.63. The second-order valence-electron chi connectivity index (χ2n) is 3.57. The fourth-order valence-corrected chi connectivity index (χ4v) is 3.30. The summed E-state index contributed by atoms with van der Waals surface area (Å²) in [5, 5.41) is 2.25. The van der Waals surface area contributed by atoms with Crippen LogP contribution in [0.5, 0.6) is 0 Å². The van der Waals surface area contributed by atoms with Gasteiger partial charge in [-0.15, -0.1) is 11.3 Å². The normalized spacial score (nSPS) is 11.1. The molecule has 0 unspecified atom stereocenters. The van der Waals surface area contributed by atoms with Crippen molar-refractivity contribution in [2.24, 2.45) is 0 Å². The number of hydrogen-bond acceptors (Lipinski definition) is 3. The van der Waals surface area contributed by atoms with E-state index in [1.807, 2.05) is 18.2 Å². The van der Waals surface area contributed by atoms with Crippen LogP contribution in [0.15, 0.2) is 30.5 Å². The highest BCUT2D eigenvalue weighted by molar-refractivity contribution is 7.22. The lowest BCUT2D eigenvalue weighted by Crippen LogP contribution is -1.78. The number of aromatic nitrogens is 2. The molecule has 6 heteroatoms. The highest BCUT2D eigenvalue weighted by atomic mass is 35.5. The Morgan fingerprint density at radius 2 is 1.89 bits per heavy atom. The summed E-state index contributed by atoms with van der Waals surface area (Å²) in [6.45, 7) is 0. The van der Waals surface area contributed by atoms with Crippen LogP contribution in [0.1, 0.15) is 0 Å². The van der Waals surface area contributed by atoms with E-state index >= 15 is 0 Å². The molecule has 1 aromatic carbocycles. The van der Waals surface area contributed by atoms with Crippen molar-refractivity contribution in [2.75, 3.05) is 0 Å². The third-order valence-electron chi connectivity index (χ3n) is 2.44. The van der Waals surface area contributed by atoms with Gasteiger partial charge in [-0.3, -0.25) is 0 Å². The van der Waals surface area contributed by atoms with Crippen molar-refractivity contribution >= 4 is 56.4 Å². The first-order valence-electron chi connectivity index (χ1n) is 5.02. The molecular formula is C12H5Cl3N2S. The van der Waals surface area contributed by atoms with Gasteiger partial charge in [-0.05, 0) is 12.1 Å². The molecule has 0 amide bonds.